The second kappa shape index (κ2) is 9.84. The summed E-state index contributed by atoms with van der Waals surface area (Å²) in [4.78, 5) is 31.0. The molecule has 0 bridgehead atoms. The lowest BCUT2D eigenvalue weighted by atomic mass is 9.96. The van der Waals surface area contributed by atoms with Crippen molar-refractivity contribution in [3.63, 3.8) is 0 Å². The van der Waals surface area contributed by atoms with Crippen molar-refractivity contribution in [2.75, 3.05) is 18.4 Å². The van der Waals surface area contributed by atoms with Crippen LogP contribution in [0.5, 0.6) is 0 Å². The van der Waals surface area contributed by atoms with Gasteiger partial charge in [0.05, 0.1) is 6.54 Å². The fourth-order valence-corrected chi connectivity index (χ4v) is 3.61. The maximum atomic E-state index is 12.6. The van der Waals surface area contributed by atoms with E-state index in [-0.39, 0.29) is 17.7 Å². The van der Waals surface area contributed by atoms with Gasteiger partial charge in [-0.25, -0.2) is 9.67 Å². The van der Waals surface area contributed by atoms with Crippen LogP contribution in [0.15, 0.2) is 73.1 Å². The molecule has 1 aliphatic heterocycles. The molecule has 7 heteroatoms. The molecule has 0 saturated carbocycles. The Hall–Kier alpha value is -3.74. The molecule has 0 unspecified atom stereocenters. The largest absolute Gasteiger partial charge is 0.339 e. The number of likely N-dealkylation sites (tertiary alicyclic amines) is 1. The van der Waals surface area contributed by atoms with E-state index in [2.05, 4.69) is 15.4 Å². The molecule has 2 aromatic carbocycles. The monoisotopic (exact) mass is 415 g/mol. The summed E-state index contributed by atoms with van der Waals surface area (Å²) in [5.74, 6) is 0.0434. The average Bonchev–Trinajstić information content (AvgIpc) is 3.25. The van der Waals surface area contributed by atoms with Gasteiger partial charge in [-0.3, -0.25) is 14.9 Å². The van der Waals surface area contributed by atoms with Crippen LogP contribution >= 0.6 is 0 Å². The van der Waals surface area contributed by atoms with Crippen LogP contribution in [0.3, 0.4) is 0 Å². The summed E-state index contributed by atoms with van der Waals surface area (Å²) in [5, 5.41) is 7.15. The van der Waals surface area contributed by atoms with Gasteiger partial charge in [0.15, 0.2) is 0 Å². The normalized spacial score (nSPS) is 14.6. The van der Waals surface area contributed by atoms with Gasteiger partial charge in [-0.1, -0.05) is 60.7 Å². The number of rotatable bonds is 6. The number of nitrogens with one attached hydrogen (secondary N) is 1. The number of piperidine rings is 1. The van der Waals surface area contributed by atoms with Crippen molar-refractivity contribution in [3.8, 4) is 0 Å². The summed E-state index contributed by atoms with van der Waals surface area (Å²) in [5.41, 5.74) is 2.10. The molecule has 1 N–H and O–H groups in total. The zero-order valence-electron chi connectivity index (χ0n) is 17.2. The zero-order valence-corrected chi connectivity index (χ0v) is 17.2. The third kappa shape index (κ3) is 5.66. The molecule has 0 atom stereocenters. The van der Waals surface area contributed by atoms with Crippen LogP contribution in [0, 0.1) is 5.92 Å². The highest BCUT2D eigenvalue weighted by Crippen LogP contribution is 2.19. The van der Waals surface area contributed by atoms with E-state index in [4.69, 9.17) is 0 Å². The number of anilines is 1. The van der Waals surface area contributed by atoms with Crippen LogP contribution in [0.25, 0.3) is 6.08 Å². The number of nitrogens with zero attached hydrogens (tertiary/aromatic N) is 4. The molecular weight excluding hydrogens is 390 g/mol. The van der Waals surface area contributed by atoms with Gasteiger partial charge >= 0.3 is 0 Å². The molecule has 158 valence electrons. The van der Waals surface area contributed by atoms with Crippen LogP contribution < -0.4 is 5.32 Å². The van der Waals surface area contributed by atoms with Gasteiger partial charge in [0.1, 0.15) is 6.33 Å². The van der Waals surface area contributed by atoms with Crippen LogP contribution in [0.2, 0.25) is 0 Å². The maximum absolute atomic E-state index is 12.6. The van der Waals surface area contributed by atoms with E-state index < -0.39 is 0 Å². The van der Waals surface area contributed by atoms with E-state index >= 15 is 0 Å². The first kappa shape index (κ1) is 20.5. The van der Waals surface area contributed by atoms with E-state index in [0.717, 1.165) is 11.1 Å². The van der Waals surface area contributed by atoms with Crippen LogP contribution in [0.4, 0.5) is 5.95 Å². The molecule has 31 heavy (non-hydrogen) atoms. The summed E-state index contributed by atoms with van der Waals surface area (Å²) in [6.45, 7) is 1.72. The standard InChI is InChI=1S/C24H25N5O2/c30-22(12-11-19-7-3-1-4-8-19)28-15-13-21(14-16-28)23(31)26-24-25-18-29(27-24)17-20-9-5-2-6-10-20/h1-12,18,21H,13-17H2,(H,26,27,31)/b12-11+. The second-order valence-electron chi connectivity index (χ2n) is 7.58. The summed E-state index contributed by atoms with van der Waals surface area (Å²) in [7, 11) is 0. The fourth-order valence-electron chi connectivity index (χ4n) is 3.61. The predicted molar refractivity (Wildman–Crippen MR) is 119 cm³/mol. The van der Waals surface area contributed by atoms with Gasteiger partial charge in [0, 0.05) is 25.1 Å². The summed E-state index contributed by atoms with van der Waals surface area (Å²) in [6.07, 6.45) is 6.28. The van der Waals surface area contributed by atoms with E-state index in [1.165, 1.54) is 0 Å². The summed E-state index contributed by atoms with van der Waals surface area (Å²) in [6, 6.07) is 19.7. The molecule has 0 aliphatic carbocycles. The lowest BCUT2D eigenvalue weighted by Gasteiger charge is -2.30. The molecule has 2 heterocycles. The fraction of sp³-hybridized carbons (Fsp3) is 0.250. The van der Waals surface area contributed by atoms with E-state index in [0.29, 0.717) is 38.4 Å². The Bertz CT molecular complexity index is 1040. The molecule has 7 nitrogen and oxygen atoms in total. The van der Waals surface area contributed by atoms with Crippen molar-refractivity contribution in [1.82, 2.24) is 19.7 Å². The Labute approximate surface area is 181 Å². The third-order valence-corrected chi connectivity index (χ3v) is 5.35. The average molecular weight is 415 g/mol. The topological polar surface area (TPSA) is 80.1 Å². The number of benzene rings is 2. The number of carbonyl (C=O) groups excluding carboxylic acids is 2. The first-order valence-electron chi connectivity index (χ1n) is 10.4. The van der Waals surface area contributed by atoms with Crippen molar-refractivity contribution in [1.29, 1.82) is 0 Å². The minimum Gasteiger partial charge on any atom is -0.339 e. The molecule has 1 saturated heterocycles. The smallest absolute Gasteiger partial charge is 0.248 e. The Morgan fingerprint density at radius 3 is 2.39 bits per heavy atom. The second-order valence-corrected chi connectivity index (χ2v) is 7.58. The zero-order chi connectivity index (χ0) is 21.5. The summed E-state index contributed by atoms with van der Waals surface area (Å²) >= 11 is 0. The quantitative estimate of drug-likeness (QED) is 0.627. The molecule has 2 amide bonds. The molecule has 1 fully saturated rings. The number of carbonyl (C=O) groups is 2. The van der Waals surface area contributed by atoms with E-state index in [1.54, 1.807) is 22.0 Å². The molecule has 1 aromatic heterocycles. The Kier molecular flexibility index (Phi) is 6.52. The van der Waals surface area contributed by atoms with Crippen molar-refractivity contribution < 1.29 is 9.59 Å². The minimum atomic E-state index is -0.150. The van der Waals surface area contributed by atoms with Gasteiger partial charge in [-0.15, -0.1) is 5.10 Å². The van der Waals surface area contributed by atoms with E-state index in [9.17, 15) is 9.59 Å². The molecule has 1 aliphatic rings. The van der Waals surface area contributed by atoms with Crippen LogP contribution in [0.1, 0.15) is 24.0 Å². The van der Waals surface area contributed by atoms with Gasteiger partial charge in [0.25, 0.3) is 0 Å². The first-order chi connectivity index (χ1) is 15.2. The minimum absolute atomic E-state index is 0.0240. The van der Waals surface area contributed by atoms with Gasteiger partial charge < -0.3 is 4.90 Å². The van der Waals surface area contributed by atoms with Crippen molar-refractivity contribution in [3.05, 3.63) is 84.2 Å². The lowest BCUT2D eigenvalue weighted by molar-refractivity contribution is -0.130. The molecule has 0 radical (unpaired) electrons. The lowest BCUT2D eigenvalue weighted by Crippen LogP contribution is -2.40. The summed E-state index contributed by atoms with van der Waals surface area (Å²) < 4.78 is 1.70. The first-order valence-corrected chi connectivity index (χ1v) is 10.4. The Balaban J connectivity index is 1.25. The Morgan fingerprint density at radius 2 is 1.68 bits per heavy atom. The molecule has 3 aromatic rings. The highest BCUT2D eigenvalue weighted by Gasteiger charge is 2.27. The number of hydrogen-bond acceptors (Lipinski definition) is 4. The van der Waals surface area contributed by atoms with Crippen LogP contribution in [-0.2, 0) is 16.1 Å². The van der Waals surface area contributed by atoms with Crippen LogP contribution in [-0.4, -0.2) is 44.6 Å². The maximum Gasteiger partial charge on any atom is 0.248 e. The van der Waals surface area contributed by atoms with Gasteiger partial charge in [0.2, 0.25) is 17.8 Å². The molecular formula is C24H25N5O2. The highest BCUT2D eigenvalue weighted by molar-refractivity contribution is 5.93. The van der Waals surface area contributed by atoms with Crippen molar-refractivity contribution in [2.24, 2.45) is 5.92 Å². The van der Waals surface area contributed by atoms with Crippen molar-refractivity contribution in [2.45, 2.75) is 19.4 Å². The van der Waals surface area contributed by atoms with Gasteiger partial charge in [-0.2, -0.15) is 0 Å². The highest BCUT2D eigenvalue weighted by atomic mass is 16.2. The number of amides is 2. The Morgan fingerprint density at radius 1 is 1.00 bits per heavy atom. The van der Waals surface area contributed by atoms with E-state index in [1.807, 2.05) is 66.7 Å². The molecule has 0 spiro atoms. The molecule has 4 rings (SSSR count). The number of aromatic nitrogens is 3. The number of hydrogen-bond donors (Lipinski definition) is 1. The SMILES string of the molecule is O=C(Nc1ncn(Cc2ccccc2)n1)C1CCN(C(=O)/C=C/c2ccccc2)CC1. The third-order valence-electron chi connectivity index (χ3n) is 5.35. The van der Waals surface area contributed by atoms with Gasteiger partial charge in [-0.05, 0) is 30.0 Å². The van der Waals surface area contributed by atoms with Crippen molar-refractivity contribution >= 4 is 23.8 Å². The predicted octanol–water partition coefficient (Wildman–Crippen LogP) is 3.22.